The first-order chi connectivity index (χ1) is 70.2. The molecule has 6 N–H and O–H groups in total. The average molecular weight is 2220 g/mol. The number of morpholine rings is 4. The van der Waals surface area contributed by atoms with Crippen molar-refractivity contribution in [2.24, 2.45) is 0 Å². The van der Waals surface area contributed by atoms with Gasteiger partial charge in [-0.25, -0.2) is 62.3 Å². The van der Waals surface area contributed by atoms with Crippen molar-refractivity contribution in [3.8, 4) is 23.5 Å². The van der Waals surface area contributed by atoms with Crippen molar-refractivity contribution >= 4 is 172 Å². The molecule has 4 aromatic heterocycles. The minimum Gasteiger partial charge on any atom is -0.478 e. The maximum atomic E-state index is 12.5. The van der Waals surface area contributed by atoms with Crippen molar-refractivity contribution in [2.45, 2.75) is 222 Å². The number of ether oxygens (including phenoxy) is 19. The summed E-state index contributed by atoms with van der Waals surface area (Å²) in [5.74, 6) is -8.21. The molecule has 4 saturated heterocycles. The van der Waals surface area contributed by atoms with Crippen molar-refractivity contribution in [1.29, 1.82) is 0 Å². The molecular formula is C93H141ClN16O36S4. The van der Waals surface area contributed by atoms with Crippen molar-refractivity contribution in [3.05, 3.63) is 60.8 Å². The fraction of sp³-hybridized carbons (Fsp3) is 0.645. The molecule has 0 spiro atoms. The first kappa shape index (κ1) is 132. The highest BCUT2D eigenvalue weighted by Crippen LogP contribution is 2.31. The number of carbonyl (C=O) groups is 15. The third kappa shape index (κ3) is 57.7. The number of halogens is 1. The molecular weight excluding hydrogens is 2080 g/mol. The fourth-order valence-corrected chi connectivity index (χ4v) is 13.4. The van der Waals surface area contributed by atoms with E-state index in [1.807, 2.05) is 92.9 Å². The molecule has 4 aliphatic heterocycles. The first-order valence-electron chi connectivity index (χ1n) is 47.4. The number of hydrogen-bond donors (Lipinski definition) is 6. The summed E-state index contributed by atoms with van der Waals surface area (Å²) in [6.07, 6.45) is 0.0575. The number of anilines is 4. The van der Waals surface area contributed by atoms with E-state index in [0.29, 0.717) is 177 Å². The third-order valence-corrected chi connectivity index (χ3v) is 21.2. The van der Waals surface area contributed by atoms with E-state index >= 15 is 0 Å². The second-order valence-corrected chi connectivity index (χ2v) is 38.6. The Morgan fingerprint density at radius 3 is 0.693 bits per heavy atom. The number of carboxylic acid groups (broad SMARTS) is 2. The van der Waals surface area contributed by atoms with Crippen LogP contribution in [0.1, 0.15) is 145 Å². The van der Waals surface area contributed by atoms with E-state index in [1.54, 1.807) is 13.8 Å². The Morgan fingerprint density at radius 2 is 0.500 bits per heavy atom. The zero-order valence-corrected chi connectivity index (χ0v) is 92.1. The zero-order chi connectivity index (χ0) is 111. The van der Waals surface area contributed by atoms with E-state index in [0.717, 1.165) is 95.5 Å². The number of rotatable bonds is 50. The number of carbonyl (C=O) groups excluding carboxylic acids is 13. The number of esters is 11. The third-order valence-electron chi connectivity index (χ3n) is 19.2. The lowest BCUT2D eigenvalue weighted by atomic mass is 10.1. The molecule has 8 rings (SSSR count). The SMILES string of the molecule is CC(=O)C(C)OC(=O)C(C)OC(=O)/C=C/C(=O)O[C@@H](CNC(C)(C)C)COc1nsnc1N1CCOCC1.CC(=O)C(C)OC(=O)C(C)OC(=O)C(C)OC(=O)/C=C/C(=O)O[C@@H](CNC(C)(C)C)COc1nsnc1N1CCOCC1.CCOC(=O)/C=C/C(=O)O[C@@H](CNC(C)(C)C)COc1nsnc1N1CCOCC1.CCOC(=O)/C=C/C(=O)O[C@@H](CNC(C)(C)C)COc1nsnc1N1CCOCC1.Cl.O=C(O)/C=C\C(=O)O. The van der Waals surface area contributed by atoms with E-state index in [9.17, 15) is 71.9 Å². The smallest absolute Gasteiger partial charge is 0.348 e. The minimum atomic E-state index is -1.40. The second-order valence-electron chi connectivity index (χ2n) is 36.4. The molecule has 0 saturated carbocycles. The lowest BCUT2D eigenvalue weighted by Gasteiger charge is -2.27. The van der Waals surface area contributed by atoms with Crippen LogP contribution in [0.4, 0.5) is 23.3 Å². The summed E-state index contributed by atoms with van der Waals surface area (Å²) in [5, 5.41) is 28.7. The molecule has 0 bridgehead atoms. The van der Waals surface area contributed by atoms with E-state index in [-0.39, 0.29) is 98.9 Å². The molecule has 9 atom stereocenters. The molecule has 0 amide bonds. The van der Waals surface area contributed by atoms with Crippen LogP contribution in [-0.4, -0.2) is 382 Å². The lowest BCUT2D eigenvalue weighted by molar-refractivity contribution is -0.178. The molecule has 0 aromatic carbocycles. The molecule has 57 heteroatoms. The number of Topliss-reactive ketones (excluding diaryl/α,β-unsaturated/α-hetero) is 2. The highest BCUT2D eigenvalue weighted by atomic mass is 35.5. The molecule has 5 unspecified atom stereocenters. The van der Waals surface area contributed by atoms with Gasteiger partial charge in [-0.3, -0.25) is 9.59 Å². The maximum absolute atomic E-state index is 12.5. The van der Waals surface area contributed by atoms with Crippen molar-refractivity contribution in [1.82, 2.24) is 56.3 Å². The molecule has 840 valence electrons. The van der Waals surface area contributed by atoms with E-state index in [1.165, 1.54) is 48.5 Å². The van der Waals surface area contributed by atoms with Gasteiger partial charge in [-0.2, -0.15) is 17.5 Å². The molecule has 150 heavy (non-hydrogen) atoms. The summed E-state index contributed by atoms with van der Waals surface area (Å²) in [6, 6.07) is 0. The van der Waals surface area contributed by atoms with Crippen LogP contribution >= 0.6 is 59.3 Å². The van der Waals surface area contributed by atoms with Gasteiger partial charge in [0, 0.05) is 161 Å². The van der Waals surface area contributed by atoms with Crippen LogP contribution in [0.3, 0.4) is 0 Å². The number of aromatic nitrogens is 8. The molecule has 8 heterocycles. The van der Waals surface area contributed by atoms with Gasteiger partial charge in [0.25, 0.3) is 23.5 Å². The molecule has 0 radical (unpaired) electrons. The molecule has 4 fully saturated rings. The molecule has 4 aromatic rings. The van der Waals surface area contributed by atoms with Crippen LogP contribution in [0, 0.1) is 0 Å². The topological polar surface area (TPSA) is 636 Å². The van der Waals surface area contributed by atoms with E-state index in [2.05, 4.69) is 66.1 Å². The van der Waals surface area contributed by atoms with Gasteiger partial charge in [0.15, 0.2) is 42.1 Å². The number of ketones is 2. The number of nitrogens with one attached hydrogen (secondary N) is 4. The lowest BCUT2D eigenvalue weighted by Crippen LogP contribution is -2.44. The highest BCUT2D eigenvalue weighted by Gasteiger charge is 2.33. The number of nitrogens with zero attached hydrogens (tertiary/aromatic N) is 12. The Kier molecular flexibility index (Phi) is 60.9. The van der Waals surface area contributed by atoms with Crippen LogP contribution < -0.4 is 59.8 Å². The van der Waals surface area contributed by atoms with Gasteiger partial charge in [-0.1, -0.05) is 0 Å². The summed E-state index contributed by atoms with van der Waals surface area (Å²) >= 11 is 4.16. The predicted molar refractivity (Wildman–Crippen MR) is 545 cm³/mol. The first-order valence-corrected chi connectivity index (χ1v) is 50.3. The van der Waals surface area contributed by atoms with E-state index in [4.69, 9.17) is 100 Å². The second kappa shape index (κ2) is 69.3. The molecule has 0 aliphatic carbocycles. The number of carboxylic acids is 2. The average Bonchev–Trinajstić information content (AvgIpc) is 1.71. The maximum Gasteiger partial charge on any atom is 0.348 e. The highest BCUT2D eigenvalue weighted by molar-refractivity contribution is 7.00. The Morgan fingerprint density at radius 1 is 0.307 bits per heavy atom. The monoisotopic (exact) mass is 2220 g/mol. The standard InChI is InChI=1S/C27H40N4O11S.C24H36N4O9S.2C19H30N4O6S.C4H4O4.ClH/c1-16(32)17(2)40-26(36)19(4)41-25(35)18(3)39-21(33)8-9-22(34)42-20(14-28-27(5,6)7)15-38-24-23(29-43-30-24)31-10-12-37-13-11-31;1-15(29)16(2)36-23(32)17(3)35-19(30)7-8-20(31)37-18(13-25-24(4,5)6)14-34-22-21(26-38-27-22)28-9-11-33-12-10-28;2*1-5-27-15(24)6-7-16(25)29-14(12-20-19(2,3)4)13-28-18-17(21-30-22-18)23-8-10-26-11-9-23;5-3(6)1-2-4(7)8;/h8-9,17-20,28H,10-15H2,1-7H3;7-8,16-18,25H,9-14H2,1-6H3;2*6-7,14,20H,5,8-13H2,1-4H3;1-2H,(H,5,6)(H,7,8);1H/b9-8+;8-7+;2*7-6+;2-1-;/t17?,18?,19?,20-;16?,17?,18-;2*14-;;/m0000../s1. The van der Waals surface area contributed by atoms with Gasteiger partial charge >= 0.3 is 77.6 Å². The minimum absolute atomic E-state index is 0. The summed E-state index contributed by atoms with van der Waals surface area (Å²) in [4.78, 5) is 182. The van der Waals surface area contributed by atoms with Gasteiger partial charge in [0.2, 0.25) is 23.3 Å². The number of hydrogen-bond acceptors (Lipinski definition) is 54. The largest absolute Gasteiger partial charge is 0.478 e. The normalized spacial score (nSPS) is 15.7. The van der Waals surface area contributed by atoms with Crippen LogP contribution in [0.25, 0.3) is 0 Å². The molecule has 52 nitrogen and oxygen atoms in total. The van der Waals surface area contributed by atoms with Crippen molar-refractivity contribution in [2.75, 3.05) is 191 Å². The van der Waals surface area contributed by atoms with Crippen LogP contribution in [0.5, 0.6) is 23.5 Å². The fourth-order valence-electron chi connectivity index (χ4n) is 11.3. The quantitative estimate of drug-likeness (QED) is 0.0201. The van der Waals surface area contributed by atoms with Crippen LogP contribution in [-0.2, 0) is 143 Å². The number of aliphatic carboxylic acids is 2. The Balaban J connectivity index is 0.000000504. The zero-order valence-electron chi connectivity index (χ0n) is 88.0. The molecule has 4 aliphatic rings. The summed E-state index contributed by atoms with van der Waals surface area (Å²) in [7, 11) is 0. The van der Waals surface area contributed by atoms with Gasteiger partial charge in [0.05, 0.1) is 113 Å². The van der Waals surface area contributed by atoms with Crippen LogP contribution in [0.2, 0.25) is 0 Å². The van der Waals surface area contributed by atoms with Crippen molar-refractivity contribution in [3.63, 3.8) is 0 Å². The summed E-state index contributed by atoms with van der Waals surface area (Å²) in [5.41, 5.74) is -0.884. The predicted octanol–water partition coefficient (Wildman–Crippen LogP) is 4.53. The van der Waals surface area contributed by atoms with Crippen LogP contribution in [0.15, 0.2) is 60.8 Å². The summed E-state index contributed by atoms with van der Waals surface area (Å²) < 4.78 is 135. The van der Waals surface area contributed by atoms with Gasteiger partial charge < -0.3 is 141 Å². The van der Waals surface area contributed by atoms with Gasteiger partial charge in [-0.05, 0) is 145 Å². The van der Waals surface area contributed by atoms with Gasteiger partial charge in [0.1, 0.15) is 50.8 Å². The van der Waals surface area contributed by atoms with Gasteiger partial charge in [-0.15, -0.1) is 29.9 Å². The van der Waals surface area contributed by atoms with Crippen molar-refractivity contribution < 1.29 is 172 Å². The Labute approximate surface area is 892 Å². The van der Waals surface area contributed by atoms with E-state index < -0.39 is 133 Å². The Hall–Kier alpha value is -12.2. The Bertz CT molecular complexity index is 4890. The summed E-state index contributed by atoms with van der Waals surface area (Å²) in [6.45, 7) is 48.4.